The number of fused-ring (bicyclic) bond motifs is 2. The maximum Gasteiger partial charge on any atom is 0.265 e. The number of carbonyl (C=O) groups is 1. The van der Waals surface area contributed by atoms with E-state index >= 15 is 0 Å². The van der Waals surface area contributed by atoms with Crippen molar-refractivity contribution in [1.29, 1.82) is 0 Å². The maximum atomic E-state index is 12.1. The minimum atomic E-state index is -0.0285. The maximum absolute atomic E-state index is 12.1. The summed E-state index contributed by atoms with van der Waals surface area (Å²) in [4.78, 5) is 23.0. The van der Waals surface area contributed by atoms with Crippen molar-refractivity contribution in [2.75, 3.05) is 18.1 Å². The van der Waals surface area contributed by atoms with Gasteiger partial charge in [0.25, 0.3) is 5.91 Å². The lowest BCUT2D eigenvalue weighted by Crippen LogP contribution is -2.38. The molecule has 0 saturated heterocycles. The summed E-state index contributed by atoms with van der Waals surface area (Å²) >= 11 is 3.57. The Labute approximate surface area is 153 Å². The van der Waals surface area contributed by atoms with Crippen LogP contribution in [-0.4, -0.2) is 33.4 Å². The normalized spacial score (nSPS) is 13.9. The van der Waals surface area contributed by atoms with Crippen LogP contribution in [0.15, 0.2) is 28.9 Å². The molecular formula is C18H17BrN4O2. The molecule has 0 unspecified atom stereocenters. The fourth-order valence-electron chi connectivity index (χ4n) is 3.11. The Morgan fingerprint density at radius 1 is 1.28 bits per heavy atom. The Kier molecular flexibility index (Phi) is 3.76. The smallest absolute Gasteiger partial charge is 0.265 e. The first-order valence-electron chi connectivity index (χ1n) is 8.09. The van der Waals surface area contributed by atoms with Crippen molar-refractivity contribution in [2.24, 2.45) is 0 Å². The average molecular weight is 401 g/mol. The first-order chi connectivity index (χ1) is 12.0. The Morgan fingerprint density at radius 3 is 2.84 bits per heavy atom. The molecule has 0 N–H and O–H groups in total. The van der Waals surface area contributed by atoms with E-state index in [1.54, 1.807) is 4.90 Å². The van der Waals surface area contributed by atoms with Gasteiger partial charge in [-0.3, -0.25) is 9.20 Å². The molecule has 3 aromatic rings. The second-order valence-electron chi connectivity index (χ2n) is 6.00. The SMILES string of the molecule is CCN1C(=O)COc2ccc(-c3cn4c(C)c(Br)c(C)nc4n3)cc21. The number of carbonyl (C=O) groups excluding carboxylic acids is 1. The second-order valence-corrected chi connectivity index (χ2v) is 6.79. The van der Waals surface area contributed by atoms with Gasteiger partial charge in [-0.05, 0) is 54.9 Å². The van der Waals surface area contributed by atoms with Crippen molar-refractivity contribution in [2.45, 2.75) is 20.8 Å². The highest BCUT2D eigenvalue weighted by molar-refractivity contribution is 9.10. The van der Waals surface area contributed by atoms with E-state index in [1.807, 2.05) is 49.6 Å². The molecular weight excluding hydrogens is 384 g/mol. The molecule has 0 aliphatic carbocycles. The molecule has 1 aromatic carbocycles. The van der Waals surface area contributed by atoms with Crippen LogP contribution in [0.3, 0.4) is 0 Å². The van der Waals surface area contributed by atoms with Gasteiger partial charge < -0.3 is 9.64 Å². The number of hydrogen-bond acceptors (Lipinski definition) is 4. The van der Waals surface area contributed by atoms with Gasteiger partial charge >= 0.3 is 0 Å². The molecule has 0 atom stereocenters. The van der Waals surface area contributed by atoms with Crippen molar-refractivity contribution in [3.05, 3.63) is 40.3 Å². The van der Waals surface area contributed by atoms with E-state index in [4.69, 9.17) is 4.74 Å². The van der Waals surface area contributed by atoms with E-state index < -0.39 is 0 Å². The average Bonchev–Trinajstić information content (AvgIpc) is 3.03. The van der Waals surface area contributed by atoms with Crippen LogP contribution in [0.5, 0.6) is 5.75 Å². The van der Waals surface area contributed by atoms with Crippen molar-refractivity contribution < 1.29 is 9.53 Å². The van der Waals surface area contributed by atoms with Gasteiger partial charge in [-0.2, -0.15) is 0 Å². The molecule has 1 aliphatic rings. The number of rotatable bonds is 2. The van der Waals surface area contributed by atoms with Crippen LogP contribution in [0.2, 0.25) is 0 Å². The summed E-state index contributed by atoms with van der Waals surface area (Å²) in [6.07, 6.45) is 1.96. The van der Waals surface area contributed by atoms with Crippen molar-refractivity contribution in [1.82, 2.24) is 14.4 Å². The van der Waals surface area contributed by atoms with E-state index in [0.717, 1.165) is 38.6 Å². The van der Waals surface area contributed by atoms with E-state index in [1.165, 1.54) is 0 Å². The number of ether oxygens (including phenoxy) is 1. The summed E-state index contributed by atoms with van der Waals surface area (Å²) in [6.45, 7) is 6.63. The molecule has 1 amide bonds. The number of halogens is 1. The third-order valence-corrected chi connectivity index (χ3v) is 5.61. The standard InChI is InChI=1S/C18H17BrN4O2/c1-4-22-14-7-12(5-6-15(14)25-9-16(22)24)13-8-23-11(3)17(19)10(2)20-18(23)21-13/h5-8H,4,9H2,1-3H3. The van der Waals surface area contributed by atoms with E-state index in [0.29, 0.717) is 12.3 Å². The van der Waals surface area contributed by atoms with Gasteiger partial charge in [-0.25, -0.2) is 9.97 Å². The topological polar surface area (TPSA) is 59.7 Å². The monoisotopic (exact) mass is 400 g/mol. The van der Waals surface area contributed by atoms with Crippen LogP contribution in [0.4, 0.5) is 5.69 Å². The van der Waals surface area contributed by atoms with Gasteiger partial charge in [0.05, 0.1) is 21.5 Å². The third-order valence-electron chi connectivity index (χ3n) is 4.47. The fourth-order valence-corrected chi connectivity index (χ4v) is 3.39. The molecule has 0 bridgehead atoms. The highest BCUT2D eigenvalue weighted by Gasteiger charge is 2.25. The zero-order chi connectivity index (χ0) is 17.7. The van der Waals surface area contributed by atoms with Gasteiger partial charge in [0.2, 0.25) is 5.78 Å². The Morgan fingerprint density at radius 2 is 2.08 bits per heavy atom. The van der Waals surface area contributed by atoms with Crippen molar-refractivity contribution >= 4 is 33.3 Å². The molecule has 0 saturated carbocycles. The van der Waals surface area contributed by atoms with Crippen LogP contribution in [-0.2, 0) is 4.79 Å². The Hall–Kier alpha value is -2.41. The van der Waals surface area contributed by atoms with E-state index in [-0.39, 0.29) is 12.5 Å². The predicted octanol–water partition coefficient (Wildman–Crippen LogP) is 3.52. The molecule has 6 nitrogen and oxygen atoms in total. The fraction of sp³-hybridized carbons (Fsp3) is 0.278. The Bertz CT molecular complexity index is 1010. The quantitative estimate of drug-likeness (QED) is 0.660. The summed E-state index contributed by atoms with van der Waals surface area (Å²) in [6, 6.07) is 5.81. The lowest BCUT2D eigenvalue weighted by molar-refractivity contribution is -0.121. The molecule has 128 valence electrons. The van der Waals surface area contributed by atoms with Crippen molar-refractivity contribution in [3.8, 4) is 17.0 Å². The number of nitrogens with zero attached hydrogens (tertiary/aromatic N) is 4. The minimum Gasteiger partial charge on any atom is -0.482 e. The highest BCUT2D eigenvalue weighted by Crippen LogP contribution is 2.36. The number of imidazole rings is 1. The number of hydrogen-bond donors (Lipinski definition) is 0. The van der Waals surface area contributed by atoms with Gasteiger partial charge in [-0.1, -0.05) is 0 Å². The number of amides is 1. The molecule has 4 rings (SSSR count). The highest BCUT2D eigenvalue weighted by atomic mass is 79.9. The number of aromatic nitrogens is 3. The molecule has 1 aliphatic heterocycles. The number of likely N-dealkylation sites (N-methyl/N-ethyl adjacent to an activating group) is 1. The molecule has 2 aromatic heterocycles. The van der Waals surface area contributed by atoms with Crippen molar-refractivity contribution in [3.63, 3.8) is 0 Å². The lowest BCUT2D eigenvalue weighted by Gasteiger charge is -2.28. The summed E-state index contributed by atoms with van der Waals surface area (Å²) in [5.41, 5.74) is 4.48. The largest absolute Gasteiger partial charge is 0.482 e. The van der Waals surface area contributed by atoms with Gasteiger partial charge in [-0.15, -0.1) is 0 Å². The van der Waals surface area contributed by atoms with E-state index in [9.17, 15) is 4.79 Å². The summed E-state index contributed by atoms with van der Waals surface area (Å²) in [5, 5.41) is 0. The Balaban J connectivity index is 1.86. The van der Waals surface area contributed by atoms with Gasteiger partial charge in [0.1, 0.15) is 5.75 Å². The zero-order valence-corrected chi connectivity index (χ0v) is 15.8. The minimum absolute atomic E-state index is 0.0285. The van der Waals surface area contributed by atoms with E-state index in [2.05, 4.69) is 25.9 Å². The summed E-state index contributed by atoms with van der Waals surface area (Å²) < 4.78 is 8.47. The second kappa shape index (κ2) is 5.84. The molecule has 0 radical (unpaired) electrons. The molecule has 0 spiro atoms. The number of anilines is 1. The number of aryl methyl sites for hydroxylation is 2. The third kappa shape index (κ3) is 2.50. The first-order valence-corrected chi connectivity index (χ1v) is 8.88. The van der Waals surface area contributed by atoms with Gasteiger partial charge in [0, 0.05) is 24.0 Å². The molecule has 25 heavy (non-hydrogen) atoms. The van der Waals surface area contributed by atoms with Gasteiger partial charge in [0.15, 0.2) is 6.61 Å². The molecule has 0 fully saturated rings. The number of benzene rings is 1. The molecule has 3 heterocycles. The molecule has 7 heteroatoms. The summed E-state index contributed by atoms with van der Waals surface area (Å²) in [7, 11) is 0. The van der Waals surface area contributed by atoms with Crippen LogP contribution in [0.1, 0.15) is 18.3 Å². The van der Waals surface area contributed by atoms with Crippen LogP contribution in [0, 0.1) is 13.8 Å². The predicted molar refractivity (Wildman–Crippen MR) is 99.1 cm³/mol. The zero-order valence-electron chi connectivity index (χ0n) is 14.2. The van der Waals surface area contributed by atoms with Crippen LogP contribution in [0.25, 0.3) is 17.0 Å². The van der Waals surface area contributed by atoms with Crippen LogP contribution >= 0.6 is 15.9 Å². The lowest BCUT2D eigenvalue weighted by atomic mass is 10.1. The first kappa shape index (κ1) is 16.1. The van der Waals surface area contributed by atoms with Crippen LogP contribution < -0.4 is 9.64 Å². The summed E-state index contributed by atoms with van der Waals surface area (Å²) in [5.74, 6) is 1.35.